The van der Waals surface area contributed by atoms with Gasteiger partial charge in [0.25, 0.3) is 0 Å². The summed E-state index contributed by atoms with van der Waals surface area (Å²) in [6, 6.07) is 0. The first kappa shape index (κ1) is 9.06. The number of hydrogen-bond acceptors (Lipinski definition) is 3. The highest BCUT2D eigenvalue weighted by molar-refractivity contribution is 7.08. The van der Waals surface area contributed by atoms with Gasteiger partial charge >= 0.3 is 5.97 Å². The average Bonchev–Trinajstić information content (AvgIpc) is 2.36. The molecule has 0 aromatic carbocycles. The Bertz CT molecular complexity index is 280. The average molecular weight is 186 g/mol. The lowest BCUT2D eigenvalue weighted by molar-refractivity contribution is -0.144. The van der Waals surface area contributed by atoms with Crippen LogP contribution in [0.25, 0.3) is 0 Å². The van der Waals surface area contributed by atoms with Crippen molar-refractivity contribution in [2.45, 2.75) is 20.0 Å². The molecular weight excluding hydrogens is 176 g/mol. The zero-order chi connectivity index (χ0) is 9.14. The molecule has 1 aromatic heterocycles. The molecule has 4 heteroatoms. The van der Waals surface area contributed by atoms with Gasteiger partial charge in [0.2, 0.25) is 0 Å². The molecule has 0 radical (unpaired) electrons. The molecule has 1 rings (SSSR count). The third-order valence-corrected chi connectivity index (χ3v) is 2.30. The molecule has 0 saturated heterocycles. The van der Waals surface area contributed by atoms with Crippen LogP contribution in [0.5, 0.6) is 5.75 Å². The highest BCUT2D eigenvalue weighted by Gasteiger charge is 2.13. The second kappa shape index (κ2) is 3.58. The van der Waals surface area contributed by atoms with Crippen molar-refractivity contribution in [2.75, 3.05) is 0 Å². The van der Waals surface area contributed by atoms with E-state index in [1.54, 1.807) is 5.38 Å². The Morgan fingerprint density at radius 2 is 2.33 bits per heavy atom. The Morgan fingerprint density at radius 1 is 1.67 bits per heavy atom. The minimum Gasteiger partial charge on any atom is -0.479 e. The number of aryl methyl sites for hydroxylation is 1. The summed E-state index contributed by atoms with van der Waals surface area (Å²) in [5, 5.41) is 12.3. The van der Waals surface area contributed by atoms with Crippen molar-refractivity contribution < 1.29 is 14.6 Å². The molecule has 0 saturated carbocycles. The number of carboxylic acid groups (broad SMARTS) is 1. The zero-order valence-corrected chi connectivity index (χ0v) is 7.72. The molecule has 3 nitrogen and oxygen atoms in total. The summed E-state index contributed by atoms with van der Waals surface area (Å²) in [4.78, 5) is 10.4. The molecule has 0 amide bonds. The van der Waals surface area contributed by atoms with Crippen LogP contribution in [0.1, 0.15) is 12.5 Å². The van der Waals surface area contributed by atoms with Crippen molar-refractivity contribution in [3.63, 3.8) is 0 Å². The van der Waals surface area contributed by atoms with Gasteiger partial charge in [0.15, 0.2) is 6.10 Å². The molecular formula is C8H10O3S. The molecule has 0 aliphatic carbocycles. The molecule has 1 aromatic rings. The molecule has 12 heavy (non-hydrogen) atoms. The highest BCUT2D eigenvalue weighted by Crippen LogP contribution is 2.23. The minimum atomic E-state index is -0.944. The highest BCUT2D eigenvalue weighted by atomic mass is 32.1. The predicted molar refractivity (Wildman–Crippen MR) is 46.8 cm³/mol. The van der Waals surface area contributed by atoms with Gasteiger partial charge in [-0.05, 0) is 19.2 Å². The summed E-state index contributed by atoms with van der Waals surface area (Å²) in [5.41, 5.74) is 0.980. The van der Waals surface area contributed by atoms with E-state index in [0.29, 0.717) is 5.75 Å². The topological polar surface area (TPSA) is 46.5 Å². The van der Waals surface area contributed by atoms with Crippen molar-refractivity contribution in [2.24, 2.45) is 0 Å². The zero-order valence-electron chi connectivity index (χ0n) is 6.90. The van der Waals surface area contributed by atoms with Crippen molar-refractivity contribution in [1.82, 2.24) is 0 Å². The number of carbonyl (C=O) groups is 1. The molecule has 0 fully saturated rings. The Balaban J connectivity index is 2.64. The summed E-state index contributed by atoms with van der Waals surface area (Å²) in [7, 11) is 0. The monoisotopic (exact) mass is 186 g/mol. The number of hydrogen-bond donors (Lipinski definition) is 1. The van der Waals surface area contributed by atoms with Crippen LogP contribution < -0.4 is 4.74 Å². The first-order valence-corrected chi connectivity index (χ1v) is 4.48. The Morgan fingerprint density at radius 3 is 2.75 bits per heavy atom. The van der Waals surface area contributed by atoms with Crippen LogP contribution in [-0.4, -0.2) is 17.2 Å². The molecule has 1 atom stereocenters. The predicted octanol–water partition coefficient (Wildman–Crippen LogP) is 1.91. The second-order valence-corrected chi connectivity index (χ2v) is 3.26. The van der Waals surface area contributed by atoms with Crippen molar-refractivity contribution >= 4 is 17.3 Å². The number of carboxylic acids is 1. The fourth-order valence-electron chi connectivity index (χ4n) is 0.710. The Labute approximate surface area is 74.6 Å². The van der Waals surface area contributed by atoms with E-state index in [0.717, 1.165) is 5.56 Å². The van der Waals surface area contributed by atoms with Crippen LogP contribution >= 0.6 is 11.3 Å². The lowest BCUT2D eigenvalue weighted by Gasteiger charge is -2.08. The number of ether oxygens (including phenoxy) is 1. The summed E-state index contributed by atoms with van der Waals surface area (Å²) in [5.74, 6) is -0.282. The van der Waals surface area contributed by atoms with Gasteiger partial charge < -0.3 is 9.84 Å². The SMILES string of the molecule is Cc1cscc1OC(C)C(=O)O. The maximum absolute atomic E-state index is 10.4. The van der Waals surface area contributed by atoms with E-state index in [1.807, 2.05) is 12.3 Å². The molecule has 0 aliphatic heterocycles. The quantitative estimate of drug-likeness (QED) is 0.784. The van der Waals surface area contributed by atoms with Crippen LogP contribution in [-0.2, 0) is 4.79 Å². The largest absolute Gasteiger partial charge is 0.479 e. The summed E-state index contributed by atoms with van der Waals surface area (Å²) >= 11 is 1.50. The number of rotatable bonds is 3. The second-order valence-electron chi connectivity index (χ2n) is 2.52. The van der Waals surface area contributed by atoms with Crippen molar-refractivity contribution in [3.8, 4) is 5.75 Å². The van der Waals surface area contributed by atoms with Gasteiger partial charge in [-0.2, -0.15) is 0 Å². The maximum Gasteiger partial charge on any atom is 0.344 e. The smallest absolute Gasteiger partial charge is 0.344 e. The normalized spacial score (nSPS) is 12.5. The minimum absolute atomic E-state index is 0.662. The number of aliphatic carboxylic acids is 1. The van der Waals surface area contributed by atoms with Gasteiger partial charge in [0.1, 0.15) is 5.75 Å². The van der Waals surface area contributed by atoms with Crippen LogP contribution in [0.4, 0.5) is 0 Å². The van der Waals surface area contributed by atoms with Crippen LogP contribution in [0, 0.1) is 6.92 Å². The van der Waals surface area contributed by atoms with Crippen molar-refractivity contribution in [3.05, 3.63) is 16.3 Å². The van der Waals surface area contributed by atoms with E-state index in [-0.39, 0.29) is 0 Å². The first-order valence-electron chi connectivity index (χ1n) is 3.53. The van der Waals surface area contributed by atoms with E-state index in [1.165, 1.54) is 18.3 Å². The Kier molecular flexibility index (Phi) is 2.70. The van der Waals surface area contributed by atoms with Gasteiger partial charge in [0, 0.05) is 10.9 Å². The lowest BCUT2D eigenvalue weighted by atomic mass is 10.3. The van der Waals surface area contributed by atoms with E-state index in [9.17, 15) is 4.79 Å². The lowest BCUT2D eigenvalue weighted by Crippen LogP contribution is -2.22. The van der Waals surface area contributed by atoms with Gasteiger partial charge in [0.05, 0.1) is 0 Å². The molecule has 0 bridgehead atoms. The fraction of sp³-hybridized carbons (Fsp3) is 0.375. The molecule has 1 N–H and O–H groups in total. The molecule has 1 heterocycles. The third kappa shape index (κ3) is 1.98. The summed E-state index contributed by atoms with van der Waals surface area (Å²) in [6.07, 6.45) is -0.779. The fourth-order valence-corrected chi connectivity index (χ4v) is 1.46. The maximum atomic E-state index is 10.4. The van der Waals surface area contributed by atoms with E-state index >= 15 is 0 Å². The van der Waals surface area contributed by atoms with E-state index < -0.39 is 12.1 Å². The number of thiophene rings is 1. The van der Waals surface area contributed by atoms with Crippen molar-refractivity contribution in [1.29, 1.82) is 0 Å². The van der Waals surface area contributed by atoms with Gasteiger partial charge in [-0.25, -0.2) is 4.79 Å². The van der Waals surface area contributed by atoms with Gasteiger partial charge in [-0.3, -0.25) is 0 Å². The Hall–Kier alpha value is -1.03. The van der Waals surface area contributed by atoms with E-state index in [4.69, 9.17) is 9.84 Å². The van der Waals surface area contributed by atoms with Gasteiger partial charge in [-0.1, -0.05) is 0 Å². The summed E-state index contributed by atoms with van der Waals surface area (Å²) < 4.78 is 5.16. The van der Waals surface area contributed by atoms with E-state index in [2.05, 4.69) is 0 Å². The molecule has 66 valence electrons. The van der Waals surface area contributed by atoms with Crippen LogP contribution in [0.15, 0.2) is 10.8 Å². The molecule has 0 aliphatic rings. The standard InChI is InChI=1S/C8H10O3S/c1-5-3-12-4-7(5)11-6(2)8(9)10/h3-4,6H,1-2H3,(H,9,10). The van der Waals surface area contributed by atoms with Gasteiger partial charge in [-0.15, -0.1) is 11.3 Å². The third-order valence-electron chi connectivity index (χ3n) is 1.46. The van der Waals surface area contributed by atoms with Crippen LogP contribution in [0.2, 0.25) is 0 Å². The first-order chi connectivity index (χ1) is 5.61. The molecule has 0 spiro atoms. The summed E-state index contributed by atoms with van der Waals surface area (Å²) in [6.45, 7) is 3.40. The molecule has 1 unspecified atom stereocenters. The van der Waals surface area contributed by atoms with Crippen LogP contribution in [0.3, 0.4) is 0 Å².